The monoisotopic (exact) mass is 355 g/mol. The number of thioether (sulfide) groups is 1. The van der Waals surface area contributed by atoms with Gasteiger partial charge in [-0.25, -0.2) is 0 Å². The minimum absolute atomic E-state index is 0.178. The van der Waals surface area contributed by atoms with Gasteiger partial charge in [-0.1, -0.05) is 11.8 Å². The van der Waals surface area contributed by atoms with Crippen LogP contribution in [0.3, 0.4) is 0 Å². The molecule has 0 saturated carbocycles. The zero-order chi connectivity index (χ0) is 16.8. The van der Waals surface area contributed by atoms with Crippen LogP contribution in [0.25, 0.3) is 0 Å². The van der Waals surface area contributed by atoms with E-state index >= 15 is 0 Å². The zero-order valence-electron chi connectivity index (χ0n) is 13.7. The Labute approximate surface area is 138 Å². The van der Waals surface area contributed by atoms with E-state index in [1.54, 1.807) is 0 Å². The zero-order valence-corrected chi connectivity index (χ0v) is 15.5. The van der Waals surface area contributed by atoms with Crippen LogP contribution in [0.5, 0.6) is 0 Å². The molecule has 0 unspecified atom stereocenters. The fourth-order valence-electron chi connectivity index (χ4n) is 1.77. The Balaban J connectivity index is 4.08. The van der Waals surface area contributed by atoms with Gasteiger partial charge in [0.25, 0.3) is 5.24 Å². The molecular weight excluding hydrogens is 326 g/mol. The van der Waals surface area contributed by atoms with E-state index in [1.165, 1.54) is 0 Å². The predicted octanol–water partition coefficient (Wildman–Crippen LogP) is 1.22. The first kappa shape index (κ1) is 21.8. The number of hydrogen-bond donors (Lipinski definition) is 3. The van der Waals surface area contributed by atoms with E-state index in [1.807, 2.05) is 20.8 Å². The maximum absolute atomic E-state index is 11.5. The molecule has 0 aliphatic rings. The van der Waals surface area contributed by atoms with Crippen LogP contribution in [0.15, 0.2) is 0 Å². The standard InChI is InChI=1S/C13H29NO6SSi/c1-4-18-22(19-5-2,20-6-3)9-7-8-14-13(17)21-11-12(16)10-15/h12,15-16H,4-11H2,1-3H3,(H,14,17)/t12-/m0/s1. The van der Waals surface area contributed by atoms with Gasteiger partial charge in [0, 0.05) is 38.2 Å². The first-order valence-electron chi connectivity index (χ1n) is 7.64. The van der Waals surface area contributed by atoms with Gasteiger partial charge >= 0.3 is 8.80 Å². The van der Waals surface area contributed by atoms with Crippen LogP contribution in [0.4, 0.5) is 4.79 Å². The summed E-state index contributed by atoms with van der Waals surface area (Å²) in [5.74, 6) is 0.178. The molecule has 1 amide bonds. The SMILES string of the molecule is CCO[Si](CCCNC(=O)SC[C@@H](O)CO)(OCC)OCC. The van der Waals surface area contributed by atoms with Crippen LogP contribution < -0.4 is 5.32 Å². The largest absolute Gasteiger partial charge is 0.500 e. The summed E-state index contributed by atoms with van der Waals surface area (Å²) in [6, 6.07) is 0.646. The highest BCUT2D eigenvalue weighted by atomic mass is 32.2. The lowest BCUT2D eigenvalue weighted by Crippen LogP contribution is -2.46. The van der Waals surface area contributed by atoms with Crippen molar-refractivity contribution in [3.63, 3.8) is 0 Å². The minimum Gasteiger partial charge on any atom is -0.394 e. The maximum Gasteiger partial charge on any atom is 0.500 e. The van der Waals surface area contributed by atoms with Crippen LogP contribution in [0.1, 0.15) is 27.2 Å². The summed E-state index contributed by atoms with van der Waals surface area (Å²) in [6.45, 7) is 7.48. The van der Waals surface area contributed by atoms with Gasteiger partial charge in [0.2, 0.25) is 0 Å². The number of rotatable bonds is 13. The number of aliphatic hydroxyl groups is 2. The summed E-state index contributed by atoms with van der Waals surface area (Å²) < 4.78 is 17.2. The molecule has 22 heavy (non-hydrogen) atoms. The van der Waals surface area contributed by atoms with E-state index in [2.05, 4.69) is 5.32 Å². The van der Waals surface area contributed by atoms with Gasteiger partial charge < -0.3 is 28.8 Å². The van der Waals surface area contributed by atoms with E-state index in [0.29, 0.717) is 38.8 Å². The average molecular weight is 356 g/mol. The highest BCUT2D eigenvalue weighted by Crippen LogP contribution is 2.18. The summed E-state index contributed by atoms with van der Waals surface area (Å²) in [4.78, 5) is 11.5. The third kappa shape index (κ3) is 9.77. The molecule has 0 fully saturated rings. The third-order valence-electron chi connectivity index (χ3n) is 2.64. The molecule has 0 aromatic rings. The number of carbonyl (C=O) groups excluding carboxylic acids is 1. The highest BCUT2D eigenvalue weighted by molar-refractivity contribution is 8.13. The smallest absolute Gasteiger partial charge is 0.394 e. The quantitative estimate of drug-likeness (QED) is 0.337. The van der Waals surface area contributed by atoms with Crippen molar-refractivity contribution in [2.75, 3.05) is 38.7 Å². The fraction of sp³-hybridized carbons (Fsp3) is 0.923. The highest BCUT2D eigenvalue weighted by Gasteiger charge is 2.39. The van der Waals surface area contributed by atoms with E-state index in [0.717, 1.165) is 11.8 Å². The van der Waals surface area contributed by atoms with Gasteiger partial charge in [-0.3, -0.25) is 4.79 Å². The van der Waals surface area contributed by atoms with Crippen molar-refractivity contribution in [2.24, 2.45) is 0 Å². The molecule has 0 aromatic carbocycles. The van der Waals surface area contributed by atoms with Crippen LogP contribution >= 0.6 is 11.8 Å². The topological polar surface area (TPSA) is 97.3 Å². The minimum atomic E-state index is -2.64. The Hall–Kier alpha value is -0.163. The van der Waals surface area contributed by atoms with E-state index < -0.39 is 14.9 Å². The molecule has 0 spiro atoms. The molecule has 0 radical (unpaired) electrons. The third-order valence-corrected chi connectivity index (χ3v) is 6.75. The predicted molar refractivity (Wildman–Crippen MR) is 89.0 cm³/mol. The van der Waals surface area contributed by atoms with Gasteiger partial charge in [-0.05, 0) is 27.2 Å². The molecule has 7 nitrogen and oxygen atoms in total. The number of hydrogen-bond acceptors (Lipinski definition) is 7. The normalized spacial score (nSPS) is 13.1. The maximum atomic E-state index is 11.5. The van der Waals surface area contributed by atoms with Crippen molar-refractivity contribution in [3.8, 4) is 0 Å². The van der Waals surface area contributed by atoms with Crippen LogP contribution in [0, 0.1) is 0 Å². The second-order valence-corrected chi connectivity index (χ2v) is 8.17. The lowest BCUT2D eigenvalue weighted by molar-refractivity contribution is 0.0708. The number of carbonyl (C=O) groups is 1. The van der Waals surface area contributed by atoms with Crippen molar-refractivity contribution in [3.05, 3.63) is 0 Å². The summed E-state index contributed by atoms with van der Waals surface area (Å²) in [6.07, 6.45) is -0.175. The van der Waals surface area contributed by atoms with Crippen molar-refractivity contribution >= 4 is 25.8 Å². The van der Waals surface area contributed by atoms with Gasteiger partial charge in [-0.2, -0.15) is 0 Å². The summed E-state index contributed by atoms with van der Waals surface area (Å²) in [5, 5.41) is 20.4. The molecule has 0 aliphatic heterocycles. The number of aliphatic hydroxyl groups excluding tert-OH is 2. The Morgan fingerprint density at radius 1 is 1.18 bits per heavy atom. The average Bonchev–Trinajstić information content (AvgIpc) is 2.50. The van der Waals surface area contributed by atoms with Crippen LogP contribution in [-0.2, 0) is 13.3 Å². The molecule has 0 rings (SSSR count). The second-order valence-electron chi connectivity index (χ2n) is 4.45. The van der Waals surface area contributed by atoms with Gasteiger partial charge in [-0.15, -0.1) is 0 Å². The molecule has 0 bridgehead atoms. The number of amides is 1. The molecule has 0 aliphatic carbocycles. The molecule has 0 saturated heterocycles. The van der Waals surface area contributed by atoms with Crippen LogP contribution in [-0.4, -0.2) is 69.1 Å². The Bertz CT molecular complexity index is 281. The fourth-order valence-corrected chi connectivity index (χ4v) is 5.04. The molecule has 3 N–H and O–H groups in total. The van der Waals surface area contributed by atoms with Crippen molar-refractivity contribution in [2.45, 2.75) is 39.3 Å². The molecule has 0 heterocycles. The Morgan fingerprint density at radius 2 is 1.73 bits per heavy atom. The summed E-state index contributed by atoms with van der Waals surface area (Å²) in [7, 11) is -2.64. The van der Waals surface area contributed by atoms with Crippen molar-refractivity contribution in [1.82, 2.24) is 5.32 Å². The molecule has 9 heteroatoms. The lowest BCUT2D eigenvalue weighted by Gasteiger charge is -2.28. The van der Waals surface area contributed by atoms with E-state index in [9.17, 15) is 4.79 Å². The Morgan fingerprint density at radius 3 is 2.18 bits per heavy atom. The van der Waals surface area contributed by atoms with Crippen molar-refractivity contribution < 1.29 is 28.3 Å². The van der Waals surface area contributed by atoms with Gasteiger partial charge in [0.1, 0.15) is 0 Å². The van der Waals surface area contributed by atoms with Crippen molar-refractivity contribution in [1.29, 1.82) is 0 Å². The molecule has 0 aromatic heterocycles. The van der Waals surface area contributed by atoms with Crippen LogP contribution in [0.2, 0.25) is 6.04 Å². The van der Waals surface area contributed by atoms with E-state index in [4.69, 9.17) is 23.5 Å². The molecule has 1 atom stereocenters. The summed E-state index contributed by atoms with van der Waals surface area (Å²) >= 11 is 0.955. The van der Waals surface area contributed by atoms with Gasteiger partial charge in [0.05, 0.1) is 12.7 Å². The summed E-state index contributed by atoms with van der Waals surface area (Å²) in [5.41, 5.74) is 0. The first-order valence-corrected chi connectivity index (χ1v) is 10.6. The van der Waals surface area contributed by atoms with E-state index in [-0.39, 0.29) is 17.6 Å². The second kappa shape index (κ2) is 13.3. The van der Waals surface area contributed by atoms with Gasteiger partial charge in [0.15, 0.2) is 0 Å². The first-order chi connectivity index (χ1) is 10.5. The lowest BCUT2D eigenvalue weighted by atomic mass is 10.4. The molecule has 132 valence electrons. The Kier molecular flexibility index (Phi) is 13.2. The number of nitrogens with one attached hydrogen (secondary N) is 1. The molecular formula is C13H29NO6SSi.